The zero-order valence-electron chi connectivity index (χ0n) is 16.8. The summed E-state index contributed by atoms with van der Waals surface area (Å²) in [4.78, 5) is 24.4. The molecule has 0 saturated heterocycles. The SMILES string of the molecule is CCCCC(CC)CNC(=O)C(N=Nc1ccccc1C(=O)CC)=C(C)O. The Bertz CT molecular complexity index is 692. The molecule has 27 heavy (non-hydrogen) atoms. The molecule has 148 valence electrons. The van der Waals surface area contributed by atoms with Gasteiger partial charge in [-0.2, -0.15) is 0 Å². The van der Waals surface area contributed by atoms with E-state index in [9.17, 15) is 14.7 Å². The van der Waals surface area contributed by atoms with Gasteiger partial charge in [-0.05, 0) is 31.4 Å². The monoisotopic (exact) mass is 373 g/mol. The summed E-state index contributed by atoms with van der Waals surface area (Å²) >= 11 is 0. The molecule has 0 aliphatic heterocycles. The van der Waals surface area contributed by atoms with E-state index < -0.39 is 5.91 Å². The first kappa shape index (κ1) is 22.5. The van der Waals surface area contributed by atoms with Crippen LogP contribution in [0.2, 0.25) is 0 Å². The van der Waals surface area contributed by atoms with Gasteiger partial charge in [-0.1, -0.05) is 52.2 Å². The number of ketones is 1. The van der Waals surface area contributed by atoms with Gasteiger partial charge in [0.2, 0.25) is 0 Å². The van der Waals surface area contributed by atoms with Gasteiger partial charge >= 0.3 is 0 Å². The highest BCUT2D eigenvalue weighted by Crippen LogP contribution is 2.22. The van der Waals surface area contributed by atoms with Crippen molar-refractivity contribution in [3.05, 3.63) is 41.3 Å². The van der Waals surface area contributed by atoms with Crippen molar-refractivity contribution in [3.63, 3.8) is 0 Å². The summed E-state index contributed by atoms with van der Waals surface area (Å²) in [5, 5.41) is 20.6. The standard InChI is InChI=1S/C21H31N3O3/c1-5-8-11-16(6-2)14-22-21(27)20(15(4)25)24-23-18-13-10-9-12-17(18)19(26)7-3/h9-10,12-13,16,25H,5-8,11,14H2,1-4H3,(H,22,27). The molecule has 0 aromatic heterocycles. The Balaban J connectivity index is 2.89. The summed E-state index contributed by atoms with van der Waals surface area (Å²) in [5.41, 5.74) is 0.689. The fraction of sp³-hybridized carbons (Fsp3) is 0.524. The number of carbonyl (C=O) groups is 2. The van der Waals surface area contributed by atoms with Crippen LogP contribution >= 0.6 is 0 Å². The molecule has 6 heteroatoms. The topological polar surface area (TPSA) is 91.1 Å². The van der Waals surface area contributed by atoms with Crippen LogP contribution in [0.5, 0.6) is 0 Å². The number of carbonyl (C=O) groups excluding carboxylic acids is 2. The Hall–Kier alpha value is -2.50. The van der Waals surface area contributed by atoms with E-state index >= 15 is 0 Å². The number of benzene rings is 1. The molecule has 2 N–H and O–H groups in total. The average Bonchev–Trinajstić information content (AvgIpc) is 2.67. The van der Waals surface area contributed by atoms with Crippen molar-refractivity contribution in [2.45, 2.75) is 59.8 Å². The van der Waals surface area contributed by atoms with Crippen molar-refractivity contribution in [2.75, 3.05) is 6.54 Å². The third-order valence-corrected chi connectivity index (χ3v) is 4.44. The highest BCUT2D eigenvalue weighted by atomic mass is 16.3. The molecule has 0 heterocycles. The van der Waals surface area contributed by atoms with Gasteiger partial charge in [-0.15, -0.1) is 10.2 Å². The molecule has 1 unspecified atom stereocenters. The molecule has 0 aliphatic carbocycles. The number of hydrogen-bond donors (Lipinski definition) is 2. The predicted octanol–water partition coefficient (Wildman–Crippen LogP) is 5.49. The lowest BCUT2D eigenvalue weighted by atomic mass is 9.99. The number of Topliss-reactive ketones (excluding diaryl/α,β-unsaturated/α-hetero) is 1. The molecular formula is C21H31N3O3. The predicted molar refractivity (Wildman–Crippen MR) is 107 cm³/mol. The van der Waals surface area contributed by atoms with Gasteiger partial charge in [0, 0.05) is 18.5 Å². The van der Waals surface area contributed by atoms with E-state index in [2.05, 4.69) is 29.4 Å². The summed E-state index contributed by atoms with van der Waals surface area (Å²) in [6.45, 7) is 7.94. The Morgan fingerprint density at radius 1 is 1.19 bits per heavy atom. The molecule has 1 aromatic carbocycles. The molecule has 1 rings (SSSR count). The van der Waals surface area contributed by atoms with Gasteiger partial charge in [0.05, 0.1) is 5.69 Å². The number of azo groups is 1. The maximum Gasteiger partial charge on any atom is 0.275 e. The Kier molecular flexibility index (Phi) is 10.0. The quantitative estimate of drug-likeness (QED) is 0.233. The summed E-state index contributed by atoms with van der Waals surface area (Å²) in [6, 6.07) is 6.83. The lowest BCUT2D eigenvalue weighted by Crippen LogP contribution is -2.30. The minimum Gasteiger partial charge on any atom is -0.510 e. The fourth-order valence-corrected chi connectivity index (χ4v) is 2.64. The van der Waals surface area contributed by atoms with E-state index in [-0.39, 0.29) is 17.2 Å². The number of allylic oxidation sites excluding steroid dienone is 1. The first-order valence-electron chi connectivity index (χ1n) is 9.66. The van der Waals surface area contributed by atoms with Crippen LogP contribution < -0.4 is 5.32 Å². The van der Waals surface area contributed by atoms with Crippen molar-refractivity contribution in [2.24, 2.45) is 16.1 Å². The molecule has 1 atom stereocenters. The smallest absolute Gasteiger partial charge is 0.275 e. The van der Waals surface area contributed by atoms with Gasteiger partial charge in [0.15, 0.2) is 11.5 Å². The molecule has 0 radical (unpaired) electrons. The van der Waals surface area contributed by atoms with Gasteiger partial charge in [-0.3, -0.25) is 9.59 Å². The zero-order valence-corrected chi connectivity index (χ0v) is 16.8. The van der Waals surface area contributed by atoms with Crippen LogP contribution in [-0.2, 0) is 4.79 Å². The van der Waals surface area contributed by atoms with E-state index in [4.69, 9.17) is 0 Å². The lowest BCUT2D eigenvalue weighted by Gasteiger charge is -2.15. The second kappa shape index (κ2) is 12.0. The zero-order chi connectivity index (χ0) is 20.2. The first-order valence-corrected chi connectivity index (χ1v) is 9.66. The Labute approximate surface area is 161 Å². The lowest BCUT2D eigenvalue weighted by molar-refractivity contribution is -0.118. The third kappa shape index (κ3) is 7.33. The van der Waals surface area contributed by atoms with Crippen LogP contribution in [-0.4, -0.2) is 23.3 Å². The van der Waals surface area contributed by atoms with Crippen molar-refractivity contribution < 1.29 is 14.7 Å². The van der Waals surface area contributed by atoms with E-state index in [1.54, 1.807) is 31.2 Å². The molecular weight excluding hydrogens is 342 g/mol. The van der Waals surface area contributed by atoms with Crippen molar-refractivity contribution in [1.82, 2.24) is 5.32 Å². The van der Waals surface area contributed by atoms with Crippen molar-refractivity contribution in [1.29, 1.82) is 0 Å². The van der Waals surface area contributed by atoms with Crippen LogP contribution in [0, 0.1) is 5.92 Å². The van der Waals surface area contributed by atoms with Gasteiger partial charge in [-0.25, -0.2) is 0 Å². The first-order chi connectivity index (χ1) is 12.9. The largest absolute Gasteiger partial charge is 0.510 e. The molecule has 1 amide bonds. The van der Waals surface area contributed by atoms with E-state index in [1.807, 2.05) is 0 Å². The highest BCUT2D eigenvalue weighted by molar-refractivity contribution is 6.00. The Morgan fingerprint density at radius 3 is 2.48 bits per heavy atom. The summed E-state index contributed by atoms with van der Waals surface area (Å²) in [7, 11) is 0. The molecule has 0 spiro atoms. The summed E-state index contributed by atoms with van der Waals surface area (Å²) in [6.07, 6.45) is 4.63. The highest BCUT2D eigenvalue weighted by Gasteiger charge is 2.16. The molecule has 6 nitrogen and oxygen atoms in total. The number of aliphatic hydroxyl groups is 1. The van der Waals surface area contributed by atoms with Crippen LogP contribution in [0.4, 0.5) is 5.69 Å². The maximum absolute atomic E-state index is 12.4. The summed E-state index contributed by atoms with van der Waals surface area (Å²) in [5.74, 6) is -0.332. The maximum atomic E-state index is 12.4. The second-order valence-corrected chi connectivity index (χ2v) is 6.55. The molecule has 1 aromatic rings. The van der Waals surface area contributed by atoms with E-state index in [0.29, 0.717) is 30.1 Å². The van der Waals surface area contributed by atoms with Crippen molar-refractivity contribution in [3.8, 4) is 0 Å². The molecule has 0 bridgehead atoms. The minimum absolute atomic E-state index is 0.0537. The number of aliphatic hydroxyl groups excluding tert-OH is 1. The second-order valence-electron chi connectivity index (χ2n) is 6.55. The normalized spacial score (nSPS) is 13.3. The fourth-order valence-electron chi connectivity index (χ4n) is 2.64. The molecule has 0 saturated carbocycles. The van der Waals surface area contributed by atoms with Crippen LogP contribution in [0.3, 0.4) is 0 Å². The Morgan fingerprint density at radius 2 is 1.89 bits per heavy atom. The van der Waals surface area contributed by atoms with Crippen LogP contribution in [0.1, 0.15) is 70.2 Å². The number of hydrogen-bond acceptors (Lipinski definition) is 5. The van der Waals surface area contributed by atoms with E-state index in [1.165, 1.54) is 6.92 Å². The van der Waals surface area contributed by atoms with Gasteiger partial charge in [0.25, 0.3) is 5.91 Å². The third-order valence-electron chi connectivity index (χ3n) is 4.44. The number of nitrogens with one attached hydrogen (secondary N) is 1. The molecule has 0 fully saturated rings. The van der Waals surface area contributed by atoms with Gasteiger partial charge in [0.1, 0.15) is 5.76 Å². The van der Waals surface area contributed by atoms with Gasteiger partial charge < -0.3 is 10.4 Å². The average molecular weight is 373 g/mol. The molecule has 0 aliphatic rings. The van der Waals surface area contributed by atoms with Crippen LogP contribution in [0.15, 0.2) is 46.0 Å². The minimum atomic E-state index is -0.465. The number of unbranched alkanes of at least 4 members (excludes halogenated alkanes) is 1. The number of rotatable bonds is 11. The number of amides is 1. The van der Waals surface area contributed by atoms with Crippen molar-refractivity contribution >= 4 is 17.4 Å². The van der Waals surface area contributed by atoms with E-state index in [0.717, 1.165) is 25.7 Å². The summed E-state index contributed by atoms with van der Waals surface area (Å²) < 4.78 is 0. The van der Waals surface area contributed by atoms with Crippen LogP contribution in [0.25, 0.3) is 0 Å². The number of nitrogens with zero attached hydrogens (tertiary/aromatic N) is 2.